The molecule has 2 aromatic rings. The van der Waals surface area contributed by atoms with Crippen LogP contribution in [0, 0.1) is 0 Å². The maximum absolute atomic E-state index is 13.7. The van der Waals surface area contributed by atoms with Gasteiger partial charge in [-0.15, -0.1) is 0 Å². The third kappa shape index (κ3) is 5.52. The van der Waals surface area contributed by atoms with Crippen molar-refractivity contribution in [3.63, 3.8) is 0 Å². The normalized spacial score (nSPS) is 18.8. The zero-order valence-corrected chi connectivity index (χ0v) is 20.8. The van der Waals surface area contributed by atoms with Crippen LogP contribution in [-0.4, -0.2) is 86.4 Å². The van der Waals surface area contributed by atoms with Crippen LogP contribution in [0.1, 0.15) is 28.8 Å². The average Bonchev–Trinajstić information content (AvgIpc) is 3.27. The van der Waals surface area contributed by atoms with Crippen LogP contribution in [0.2, 0.25) is 0 Å². The van der Waals surface area contributed by atoms with Crippen molar-refractivity contribution in [1.29, 1.82) is 0 Å². The van der Waals surface area contributed by atoms with Gasteiger partial charge in [0.25, 0.3) is 5.91 Å². The predicted octanol–water partition coefficient (Wildman–Crippen LogP) is 1.86. The Kier molecular flexibility index (Phi) is 8.22. The molecule has 1 unspecified atom stereocenters. The molecule has 1 atom stereocenters. The molecule has 9 heteroatoms. The molecule has 1 spiro atoms. The molecule has 2 aliphatic heterocycles. The number of methoxy groups -OCH3 is 2. The maximum atomic E-state index is 13.7. The summed E-state index contributed by atoms with van der Waals surface area (Å²) in [6, 6.07) is 15.7. The summed E-state index contributed by atoms with van der Waals surface area (Å²) < 4.78 is 16.5. The molecule has 192 valence electrons. The number of ether oxygens (including phenoxy) is 3. The van der Waals surface area contributed by atoms with E-state index in [4.69, 9.17) is 14.2 Å². The molecule has 0 aliphatic carbocycles. The molecule has 9 nitrogen and oxygen atoms in total. The minimum absolute atomic E-state index is 0.0379. The molecule has 0 aromatic heterocycles. The van der Waals surface area contributed by atoms with Gasteiger partial charge in [-0.1, -0.05) is 30.3 Å². The number of nitrogens with zero attached hydrogens (tertiary/aromatic N) is 2. The van der Waals surface area contributed by atoms with Gasteiger partial charge in [0, 0.05) is 45.1 Å². The van der Waals surface area contributed by atoms with Gasteiger partial charge in [0.2, 0.25) is 11.8 Å². The highest BCUT2D eigenvalue weighted by molar-refractivity contribution is 5.98. The number of carbonyl (C=O) groups excluding carboxylic acids is 3. The second-order valence-electron chi connectivity index (χ2n) is 9.00. The molecule has 36 heavy (non-hydrogen) atoms. The number of hydrogen-bond acceptors (Lipinski definition) is 6. The molecule has 2 fully saturated rings. The van der Waals surface area contributed by atoms with E-state index in [1.165, 1.54) is 0 Å². The van der Waals surface area contributed by atoms with E-state index in [1.807, 2.05) is 35.2 Å². The molecular formula is C27H33N3O6. The fourth-order valence-electron chi connectivity index (χ4n) is 4.82. The smallest absolute Gasteiger partial charge is 0.256 e. The first-order chi connectivity index (χ1) is 17.5. The third-order valence-corrected chi connectivity index (χ3v) is 6.82. The summed E-state index contributed by atoms with van der Waals surface area (Å²) in [6.45, 7) is 1.69. The SMILES string of the molecule is COCCNC(=O)C1COC2(CCN(C(=O)Cc3ccccc3)CC2)N1C(=O)c1ccc(OC)cc1. The van der Waals surface area contributed by atoms with Crippen molar-refractivity contribution in [2.24, 2.45) is 0 Å². The van der Waals surface area contributed by atoms with Crippen molar-refractivity contribution >= 4 is 17.7 Å². The van der Waals surface area contributed by atoms with Gasteiger partial charge in [-0.2, -0.15) is 0 Å². The van der Waals surface area contributed by atoms with Crippen LogP contribution in [0.15, 0.2) is 54.6 Å². The van der Waals surface area contributed by atoms with Crippen molar-refractivity contribution in [3.05, 3.63) is 65.7 Å². The Morgan fingerprint density at radius 1 is 1.03 bits per heavy atom. The highest BCUT2D eigenvalue weighted by atomic mass is 16.5. The molecule has 2 heterocycles. The molecular weight excluding hydrogens is 462 g/mol. The number of piperidine rings is 1. The first kappa shape index (κ1) is 25.7. The van der Waals surface area contributed by atoms with Gasteiger partial charge < -0.3 is 24.4 Å². The summed E-state index contributed by atoms with van der Waals surface area (Å²) in [4.78, 5) is 43.1. The van der Waals surface area contributed by atoms with E-state index >= 15 is 0 Å². The summed E-state index contributed by atoms with van der Waals surface area (Å²) in [5.74, 6) is 0.105. The molecule has 0 saturated carbocycles. The zero-order valence-electron chi connectivity index (χ0n) is 20.8. The van der Waals surface area contributed by atoms with Gasteiger partial charge in [-0.05, 0) is 29.8 Å². The molecule has 2 aromatic carbocycles. The monoisotopic (exact) mass is 495 g/mol. The van der Waals surface area contributed by atoms with Gasteiger partial charge in [0.15, 0.2) is 0 Å². The van der Waals surface area contributed by atoms with Crippen molar-refractivity contribution in [1.82, 2.24) is 15.1 Å². The summed E-state index contributed by atoms with van der Waals surface area (Å²) in [5.41, 5.74) is 0.450. The number of hydrogen-bond donors (Lipinski definition) is 1. The zero-order chi connectivity index (χ0) is 25.5. The van der Waals surface area contributed by atoms with Crippen LogP contribution in [0.5, 0.6) is 5.75 Å². The van der Waals surface area contributed by atoms with Crippen LogP contribution in [0.4, 0.5) is 0 Å². The lowest BCUT2D eigenvalue weighted by Gasteiger charge is -2.44. The van der Waals surface area contributed by atoms with Crippen LogP contribution in [0.3, 0.4) is 0 Å². The van der Waals surface area contributed by atoms with Crippen LogP contribution in [0.25, 0.3) is 0 Å². The minimum atomic E-state index is -0.955. The Labute approximate surface area is 211 Å². The van der Waals surface area contributed by atoms with E-state index in [-0.39, 0.29) is 24.3 Å². The minimum Gasteiger partial charge on any atom is -0.497 e. The van der Waals surface area contributed by atoms with E-state index in [9.17, 15) is 14.4 Å². The molecule has 2 saturated heterocycles. The van der Waals surface area contributed by atoms with Gasteiger partial charge in [-0.3, -0.25) is 19.3 Å². The van der Waals surface area contributed by atoms with Crippen LogP contribution < -0.4 is 10.1 Å². The molecule has 3 amide bonds. The van der Waals surface area contributed by atoms with E-state index < -0.39 is 11.8 Å². The number of benzene rings is 2. The van der Waals surface area contributed by atoms with Crippen molar-refractivity contribution in [2.75, 3.05) is 47.1 Å². The van der Waals surface area contributed by atoms with Gasteiger partial charge in [-0.25, -0.2) is 0 Å². The van der Waals surface area contributed by atoms with Crippen molar-refractivity contribution < 1.29 is 28.6 Å². The molecule has 0 radical (unpaired) electrons. The molecule has 2 aliphatic rings. The molecule has 4 rings (SSSR count). The Morgan fingerprint density at radius 3 is 2.36 bits per heavy atom. The fourth-order valence-corrected chi connectivity index (χ4v) is 4.82. The largest absolute Gasteiger partial charge is 0.497 e. The highest BCUT2D eigenvalue weighted by Crippen LogP contribution is 2.38. The van der Waals surface area contributed by atoms with Crippen LogP contribution >= 0.6 is 0 Å². The first-order valence-electron chi connectivity index (χ1n) is 12.2. The quantitative estimate of drug-likeness (QED) is 0.562. The number of likely N-dealkylation sites (tertiary alicyclic amines) is 1. The fraction of sp³-hybridized carbons (Fsp3) is 0.444. The molecule has 1 N–H and O–H groups in total. The van der Waals surface area contributed by atoms with Gasteiger partial charge in [0.05, 0.1) is 26.7 Å². The first-order valence-corrected chi connectivity index (χ1v) is 12.2. The van der Waals surface area contributed by atoms with Gasteiger partial charge >= 0.3 is 0 Å². The number of amides is 3. The number of carbonyl (C=O) groups is 3. The lowest BCUT2D eigenvalue weighted by atomic mass is 9.96. The lowest BCUT2D eigenvalue weighted by Crippen LogP contribution is -2.60. The Bertz CT molecular complexity index is 1050. The number of rotatable bonds is 8. The average molecular weight is 496 g/mol. The van der Waals surface area contributed by atoms with E-state index in [0.29, 0.717) is 56.8 Å². The van der Waals surface area contributed by atoms with Crippen LogP contribution in [-0.2, 0) is 25.5 Å². The number of nitrogens with one attached hydrogen (secondary N) is 1. The highest BCUT2D eigenvalue weighted by Gasteiger charge is 2.54. The third-order valence-electron chi connectivity index (χ3n) is 6.82. The van der Waals surface area contributed by atoms with Crippen molar-refractivity contribution in [2.45, 2.75) is 31.0 Å². The Hall–Kier alpha value is -3.43. The van der Waals surface area contributed by atoms with Crippen molar-refractivity contribution in [3.8, 4) is 5.75 Å². The summed E-state index contributed by atoms with van der Waals surface area (Å²) in [5, 5.41) is 2.83. The second-order valence-corrected chi connectivity index (χ2v) is 9.00. The van der Waals surface area contributed by atoms with E-state index in [1.54, 1.807) is 43.4 Å². The van der Waals surface area contributed by atoms with E-state index in [2.05, 4.69) is 5.32 Å². The van der Waals surface area contributed by atoms with E-state index in [0.717, 1.165) is 5.56 Å². The Balaban J connectivity index is 1.51. The van der Waals surface area contributed by atoms with Gasteiger partial charge in [0.1, 0.15) is 17.5 Å². The maximum Gasteiger partial charge on any atom is 0.256 e. The molecule has 0 bridgehead atoms. The second kappa shape index (κ2) is 11.5. The summed E-state index contributed by atoms with van der Waals surface area (Å²) >= 11 is 0. The topological polar surface area (TPSA) is 97.4 Å². The predicted molar refractivity (Wildman–Crippen MR) is 132 cm³/mol. The summed E-state index contributed by atoms with van der Waals surface area (Å²) in [7, 11) is 3.12. The lowest BCUT2D eigenvalue weighted by molar-refractivity contribution is -0.143. The summed E-state index contributed by atoms with van der Waals surface area (Å²) in [6.07, 6.45) is 1.18. The Morgan fingerprint density at radius 2 is 1.72 bits per heavy atom. The standard InChI is InChI=1S/C27H33N3O6/c1-34-17-14-28-25(32)23-19-36-27(30(23)26(33)21-8-10-22(35-2)11-9-21)12-15-29(16-13-27)24(31)18-20-6-4-3-5-7-20/h3-11,23H,12-19H2,1-2H3,(H,28,32).